The molecule has 0 fully saturated rings. The van der Waals surface area contributed by atoms with Gasteiger partial charge in [-0.25, -0.2) is 13.1 Å². The Bertz CT molecular complexity index is 1870. The van der Waals surface area contributed by atoms with Crippen LogP contribution in [0.5, 0.6) is 23.0 Å². The van der Waals surface area contributed by atoms with Gasteiger partial charge in [0, 0.05) is 11.1 Å². The Morgan fingerprint density at radius 2 is 1.09 bits per heavy atom. The molecule has 0 spiro atoms. The molecule has 0 aliphatic heterocycles. The second-order valence-corrected chi connectivity index (χ2v) is 11.9. The molecule has 1 N–H and O–H groups in total. The van der Waals surface area contributed by atoms with Gasteiger partial charge in [-0.05, 0) is 84.4 Å². The van der Waals surface area contributed by atoms with Crippen molar-refractivity contribution in [3.63, 3.8) is 0 Å². The van der Waals surface area contributed by atoms with Crippen LogP contribution in [0.3, 0.4) is 0 Å². The summed E-state index contributed by atoms with van der Waals surface area (Å²) in [6.45, 7) is 0. The molecule has 4 aromatic rings. The fourth-order valence-electron chi connectivity index (χ4n) is 3.38. The van der Waals surface area contributed by atoms with Crippen molar-refractivity contribution in [3.8, 4) is 23.0 Å². The first kappa shape index (κ1) is 36.5. The van der Waals surface area contributed by atoms with Crippen molar-refractivity contribution in [1.82, 2.24) is 4.72 Å². The van der Waals surface area contributed by atoms with E-state index in [2.05, 4.69) is 0 Å². The molecule has 7 nitrogen and oxygen atoms in total. The van der Waals surface area contributed by atoms with Crippen LogP contribution in [0.4, 0.5) is 26.3 Å². The topological polar surface area (TPSA) is 98.8 Å². The SMILES string of the molecule is CS(=O)(=O)NC(=O)c1cccc(Oc2ccc(C(F)(F)F)cc2Cl)c1.O=C(Cl)c1cccc(Oc2ccc(C(F)(F)F)cc2Cl)c1. The number of nitrogens with one attached hydrogen (secondary N) is 1. The van der Waals surface area contributed by atoms with Crippen molar-refractivity contribution in [1.29, 1.82) is 0 Å². The highest BCUT2D eigenvalue weighted by molar-refractivity contribution is 7.89. The maximum Gasteiger partial charge on any atom is 0.416 e. The van der Waals surface area contributed by atoms with E-state index in [9.17, 15) is 44.3 Å². The predicted molar refractivity (Wildman–Crippen MR) is 158 cm³/mol. The normalized spacial score (nSPS) is 11.6. The molecule has 0 bridgehead atoms. The third-order valence-corrected chi connectivity index (χ3v) is 6.77. The average molecular weight is 729 g/mol. The summed E-state index contributed by atoms with van der Waals surface area (Å²) in [7, 11) is -3.74. The van der Waals surface area contributed by atoms with Crippen molar-refractivity contribution < 1.29 is 53.8 Å². The summed E-state index contributed by atoms with van der Waals surface area (Å²) in [5, 5.41) is -1.12. The minimum absolute atomic E-state index is 0.00837. The molecule has 46 heavy (non-hydrogen) atoms. The van der Waals surface area contributed by atoms with E-state index >= 15 is 0 Å². The largest absolute Gasteiger partial charge is 0.456 e. The Labute approximate surface area is 272 Å². The van der Waals surface area contributed by atoms with Gasteiger partial charge in [0.1, 0.15) is 23.0 Å². The number of hydrogen-bond acceptors (Lipinski definition) is 6. The molecule has 0 atom stereocenters. The molecule has 17 heteroatoms. The quantitative estimate of drug-likeness (QED) is 0.150. The van der Waals surface area contributed by atoms with E-state index in [4.69, 9.17) is 44.3 Å². The van der Waals surface area contributed by atoms with Gasteiger partial charge < -0.3 is 9.47 Å². The summed E-state index contributed by atoms with van der Waals surface area (Å²) in [6.07, 6.45) is -8.19. The van der Waals surface area contributed by atoms with Crippen LogP contribution in [0.15, 0.2) is 84.9 Å². The predicted octanol–water partition coefficient (Wildman–Crippen LogP) is 9.37. The van der Waals surface area contributed by atoms with Gasteiger partial charge in [0.05, 0.1) is 27.4 Å². The highest BCUT2D eigenvalue weighted by Gasteiger charge is 2.32. The number of carbonyl (C=O) groups excluding carboxylic acids is 2. The minimum Gasteiger partial charge on any atom is -0.456 e. The molecule has 0 aliphatic carbocycles. The smallest absolute Gasteiger partial charge is 0.416 e. The Morgan fingerprint density at radius 3 is 1.46 bits per heavy atom. The van der Waals surface area contributed by atoms with Gasteiger partial charge in [0.2, 0.25) is 10.0 Å². The Hall–Kier alpha value is -3.98. The van der Waals surface area contributed by atoms with Crippen molar-refractivity contribution in [2.24, 2.45) is 0 Å². The Balaban J connectivity index is 0.000000254. The highest BCUT2D eigenvalue weighted by Crippen LogP contribution is 2.38. The fraction of sp³-hybridized carbons (Fsp3) is 0.103. The molecular weight excluding hydrogens is 711 g/mol. The Kier molecular flexibility index (Phi) is 11.6. The average Bonchev–Trinajstić information content (AvgIpc) is 2.94. The van der Waals surface area contributed by atoms with Gasteiger partial charge in [0.15, 0.2) is 0 Å². The van der Waals surface area contributed by atoms with E-state index in [1.807, 2.05) is 0 Å². The van der Waals surface area contributed by atoms with Gasteiger partial charge in [-0.2, -0.15) is 26.3 Å². The lowest BCUT2D eigenvalue weighted by atomic mass is 10.2. The molecule has 1 amide bonds. The lowest BCUT2D eigenvalue weighted by molar-refractivity contribution is -0.138. The molecule has 4 aromatic carbocycles. The van der Waals surface area contributed by atoms with Gasteiger partial charge in [0.25, 0.3) is 11.1 Å². The van der Waals surface area contributed by atoms with Crippen molar-refractivity contribution in [2.75, 3.05) is 6.26 Å². The Morgan fingerprint density at radius 1 is 0.674 bits per heavy atom. The monoisotopic (exact) mass is 727 g/mol. The lowest BCUT2D eigenvalue weighted by Crippen LogP contribution is -2.29. The van der Waals surface area contributed by atoms with Gasteiger partial charge in [-0.1, -0.05) is 35.3 Å². The van der Waals surface area contributed by atoms with E-state index in [1.54, 1.807) is 4.72 Å². The number of rotatable bonds is 7. The molecule has 0 radical (unpaired) electrons. The molecular formula is C29H18Cl3F6NO6S. The molecule has 0 aromatic heterocycles. The van der Waals surface area contributed by atoms with Crippen LogP contribution in [0, 0.1) is 0 Å². The standard InChI is InChI=1S/C15H11ClF3NO4S.C14H7Cl2F3O2/c1-25(22,23)20-14(21)9-3-2-4-11(7-9)24-13-6-5-10(8-12(13)16)15(17,18)19;15-11-7-9(14(17,18)19)4-5-12(11)21-10-3-1-2-8(6-10)13(16)20/h2-8H,1H3,(H,20,21);1-7H. The lowest BCUT2D eigenvalue weighted by Gasteiger charge is -2.11. The molecule has 0 aliphatic rings. The number of hydrogen-bond donors (Lipinski definition) is 1. The fourth-order valence-corrected chi connectivity index (χ4v) is 4.39. The van der Waals surface area contributed by atoms with Crippen LogP contribution in [0.2, 0.25) is 10.0 Å². The van der Waals surface area contributed by atoms with Gasteiger partial charge in [-0.15, -0.1) is 0 Å². The second kappa shape index (κ2) is 14.6. The number of carbonyl (C=O) groups is 2. The minimum atomic E-state index is -4.54. The zero-order valence-electron chi connectivity index (χ0n) is 22.8. The van der Waals surface area contributed by atoms with E-state index < -0.39 is 44.7 Å². The molecule has 4 rings (SSSR count). The first-order valence-electron chi connectivity index (χ1n) is 12.2. The van der Waals surface area contributed by atoms with Crippen LogP contribution in [-0.4, -0.2) is 25.8 Å². The third kappa shape index (κ3) is 10.8. The van der Waals surface area contributed by atoms with E-state index in [1.165, 1.54) is 48.5 Å². The van der Waals surface area contributed by atoms with Crippen molar-refractivity contribution in [2.45, 2.75) is 12.4 Å². The number of halogens is 9. The molecule has 0 saturated carbocycles. The van der Waals surface area contributed by atoms with E-state index in [-0.39, 0.29) is 44.2 Å². The maximum atomic E-state index is 12.6. The second-order valence-electron chi connectivity index (χ2n) is 9.02. The summed E-state index contributed by atoms with van der Waals surface area (Å²) in [5.41, 5.74) is -1.60. The first-order chi connectivity index (χ1) is 21.2. The molecule has 0 heterocycles. The van der Waals surface area contributed by atoms with Crippen LogP contribution in [0.25, 0.3) is 0 Å². The van der Waals surface area contributed by atoms with Gasteiger partial charge in [-0.3, -0.25) is 9.59 Å². The molecule has 244 valence electrons. The summed E-state index contributed by atoms with van der Waals surface area (Å²) in [5.74, 6) is -0.531. The van der Waals surface area contributed by atoms with Crippen LogP contribution >= 0.6 is 34.8 Å². The van der Waals surface area contributed by atoms with Crippen LogP contribution in [0.1, 0.15) is 31.8 Å². The summed E-state index contributed by atoms with van der Waals surface area (Å²) in [4.78, 5) is 22.8. The maximum absolute atomic E-state index is 12.6. The zero-order chi connectivity index (χ0) is 34.4. The number of benzene rings is 4. The zero-order valence-corrected chi connectivity index (χ0v) is 25.9. The third-order valence-electron chi connectivity index (χ3n) is 5.41. The van der Waals surface area contributed by atoms with Crippen molar-refractivity contribution in [3.05, 3.63) is 117 Å². The highest BCUT2D eigenvalue weighted by atomic mass is 35.5. The first-order valence-corrected chi connectivity index (χ1v) is 15.3. The summed E-state index contributed by atoms with van der Waals surface area (Å²) in [6, 6.07) is 16.7. The van der Waals surface area contributed by atoms with Gasteiger partial charge >= 0.3 is 12.4 Å². The van der Waals surface area contributed by atoms with Crippen LogP contribution < -0.4 is 14.2 Å². The summed E-state index contributed by atoms with van der Waals surface area (Å²) < 4.78 is 110. The number of alkyl halides is 6. The van der Waals surface area contributed by atoms with Crippen LogP contribution in [-0.2, 0) is 22.4 Å². The number of sulfonamides is 1. The molecule has 0 unspecified atom stereocenters. The van der Waals surface area contributed by atoms with E-state index in [0.29, 0.717) is 0 Å². The van der Waals surface area contributed by atoms with Crippen molar-refractivity contribution >= 4 is 56.0 Å². The molecule has 0 saturated heterocycles. The summed E-state index contributed by atoms with van der Waals surface area (Å²) >= 11 is 16.9. The van der Waals surface area contributed by atoms with E-state index in [0.717, 1.165) is 42.7 Å². The number of amides is 1. The number of ether oxygens (including phenoxy) is 2.